The number of nitrogens with zero attached hydrogens (tertiary/aromatic N) is 1. The fourth-order valence-corrected chi connectivity index (χ4v) is 3.96. The van der Waals surface area contributed by atoms with Gasteiger partial charge in [-0.2, -0.15) is 0 Å². The van der Waals surface area contributed by atoms with Crippen LogP contribution in [0.25, 0.3) is 0 Å². The molecule has 25 heavy (non-hydrogen) atoms. The summed E-state index contributed by atoms with van der Waals surface area (Å²) in [5.74, 6) is -0.635. The molecule has 1 fully saturated rings. The molecule has 0 atom stereocenters. The highest BCUT2D eigenvalue weighted by molar-refractivity contribution is 7.92. The van der Waals surface area contributed by atoms with E-state index in [9.17, 15) is 17.6 Å². The molecule has 0 unspecified atom stereocenters. The van der Waals surface area contributed by atoms with Crippen molar-refractivity contribution in [3.8, 4) is 5.75 Å². The first-order valence-corrected chi connectivity index (χ1v) is 9.16. The molecule has 1 N–H and O–H groups in total. The number of hydrogen-bond acceptors (Lipinski definition) is 4. The molecule has 2 aromatic rings. The first kappa shape index (κ1) is 17.2. The van der Waals surface area contributed by atoms with E-state index < -0.39 is 15.8 Å². The van der Waals surface area contributed by atoms with E-state index in [1.54, 1.807) is 29.2 Å². The Morgan fingerprint density at radius 3 is 2.68 bits per heavy atom. The average Bonchev–Trinajstić information content (AvgIpc) is 3.01. The van der Waals surface area contributed by atoms with Crippen LogP contribution in [-0.2, 0) is 14.8 Å². The summed E-state index contributed by atoms with van der Waals surface area (Å²) < 4.78 is 46.1. The third kappa shape index (κ3) is 3.58. The van der Waals surface area contributed by atoms with Crippen LogP contribution in [0.2, 0.25) is 0 Å². The van der Waals surface area contributed by atoms with Gasteiger partial charge in [-0.25, -0.2) is 12.8 Å². The van der Waals surface area contributed by atoms with Crippen molar-refractivity contribution in [2.45, 2.75) is 17.7 Å². The van der Waals surface area contributed by atoms with Crippen LogP contribution in [0.5, 0.6) is 5.75 Å². The van der Waals surface area contributed by atoms with Gasteiger partial charge >= 0.3 is 0 Å². The van der Waals surface area contributed by atoms with E-state index >= 15 is 0 Å². The lowest BCUT2D eigenvalue weighted by Crippen LogP contribution is -2.23. The summed E-state index contributed by atoms with van der Waals surface area (Å²) in [4.78, 5) is 13.2. The van der Waals surface area contributed by atoms with Crippen molar-refractivity contribution in [2.24, 2.45) is 0 Å². The fraction of sp³-hybridized carbons (Fsp3) is 0.235. The van der Waals surface area contributed by atoms with Gasteiger partial charge in [0.25, 0.3) is 10.0 Å². The molecule has 0 aliphatic carbocycles. The number of carbonyl (C=O) groups excluding carboxylic acids is 1. The standard InChI is InChI=1S/C17H17FN2O4S/c1-24-15-8-7-12(18)10-16(15)25(22,23)19-13-4-2-5-14(11-13)20-9-3-6-17(20)21/h2,4-5,7-8,10-11,19H,3,6,9H2,1H3. The molecule has 0 bridgehead atoms. The molecular weight excluding hydrogens is 347 g/mol. The first-order chi connectivity index (χ1) is 11.9. The Morgan fingerprint density at radius 1 is 1.20 bits per heavy atom. The quantitative estimate of drug-likeness (QED) is 0.885. The van der Waals surface area contributed by atoms with Crippen LogP contribution in [-0.4, -0.2) is 28.0 Å². The lowest BCUT2D eigenvalue weighted by atomic mass is 10.2. The molecule has 0 spiro atoms. The van der Waals surface area contributed by atoms with Crippen LogP contribution in [0.15, 0.2) is 47.4 Å². The first-order valence-electron chi connectivity index (χ1n) is 7.67. The predicted octanol–water partition coefficient (Wildman–Crippen LogP) is 2.76. The SMILES string of the molecule is COc1ccc(F)cc1S(=O)(=O)Nc1cccc(N2CCCC2=O)c1. The Balaban J connectivity index is 1.91. The Bertz CT molecular complexity index is 915. The van der Waals surface area contributed by atoms with E-state index in [1.165, 1.54) is 13.2 Å². The van der Waals surface area contributed by atoms with Crippen molar-refractivity contribution in [1.29, 1.82) is 0 Å². The second-order valence-electron chi connectivity index (χ2n) is 5.60. The Kier molecular flexibility index (Phi) is 4.63. The molecule has 0 radical (unpaired) electrons. The van der Waals surface area contributed by atoms with Crippen molar-refractivity contribution >= 4 is 27.3 Å². The number of ether oxygens (including phenoxy) is 1. The normalized spacial score (nSPS) is 14.6. The van der Waals surface area contributed by atoms with Gasteiger partial charge < -0.3 is 9.64 Å². The molecule has 6 nitrogen and oxygen atoms in total. The Morgan fingerprint density at radius 2 is 2.00 bits per heavy atom. The average molecular weight is 364 g/mol. The molecule has 1 heterocycles. The number of benzene rings is 2. The molecule has 2 aromatic carbocycles. The van der Waals surface area contributed by atoms with Gasteiger partial charge in [0.05, 0.1) is 12.8 Å². The van der Waals surface area contributed by atoms with Crippen LogP contribution >= 0.6 is 0 Å². The number of anilines is 2. The number of nitrogens with one attached hydrogen (secondary N) is 1. The number of halogens is 1. The number of methoxy groups -OCH3 is 1. The number of carbonyl (C=O) groups is 1. The smallest absolute Gasteiger partial charge is 0.265 e. The summed E-state index contributed by atoms with van der Waals surface area (Å²) in [7, 11) is -2.74. The molecule has 1 aliphatic rings. The lowest BCUT2D eigenvalue weighted by Gasteiger charge is -2.17. The Hall–Kier alpha value is -2.61. The number of rotatable bonds is 5. The van der Waals surface area contributed by atoms with Gasteiger partial charge in [-0.1, -0.05) is 6.07 Å². The highest BCUT2D eigenvalue weighted by atomic mass is 32.2. The zero-order chi connectivity index (χ0) is 18.0. The van der Waals surface area contributed by atoms with Crippen LogP contribution in [0.3, 0.4) is 0 Å². The number of hydrogen-bond donors (Lipinski definition) is 1. The van der Waals surface area contributed by atoms with Crippen molar-refractivity contribution in [2.75, 3.05) is 23.3 Å². The summed E-state index contributed by atoms with van der Waals surface area (Å²) in [5, 5.41) is 0. The summed E-state index contributed by atoms with van der Waals surface area (Å²) in [6, 6.07) is 9.81. The van der Waals surface area contributed by atoms with Gasteiger partial charge in [-0.05, 0) is 42.8 Å². The maximum Gasteiger partial charge on any atom is 0.265 e. The van der Waals surface area contributed by atoms with Gasteiger partial charge in [0.1, 0.15) is 16.5 Å². The topological polar surface area (TPSA) is 75.7 Å². The van der Waals surface area contributed by atoms with Crippen molar-refractivity contribution in [3.05, 3.63) is 48.3 Å². The minimum Gasteiger partial charge on any atom is -0.495 e. The van der Waals surface area contributed by atoms with Crippen molar-refractivity contribution < 1.29 is 22.3 Å². The third-order valence-electron chi connectivity index (χ3n) is 3.90. The molecule has 1 amide bonds. The maximum atomic E-state index is 13.5. The predicted molar refractivity (Wildman–Crippen MR) is 91.8 cm³/mol. The minimum atomic E-state index is -4.05. The van der Waals surface area contributed by atoms with Gasteiger partial charge in [-0.3, -0.25) is 9.52 Å². The third-order valence-corrected chi connectivity index (χ3v) is 5.30. The fourth-order valence-electron chi connectivity index (χ4n) is 2.73. The summed E-state index contributed by atoms with van der Waals surface area (Å²) in [6.45, 7) is 0.604. The van der Waals surface area contributed by atoms with E-state index in [4.69, 9.17) is 4.74 Å². The van der Waals surface area contributed by atoms with Crippen LogP contribution in [0, 0.1) is 5.82 Å². The molecular formula is C17H17FN2O4S. The van der Waals surface area contributed by atoms with E-state index in [0.717, 1.165) is 18.6 Å². The summed E-state index contributed by atoms with van der Waals surface area (Å²) in [5.41, 5.74) is 0.900. The second kappa shape index (κ2) is 6.72. The van der Waals surface area contributed by atoms with E-state index in [0.29, 0.717) is 18.7 Å². The largest absolute Gasteiger partial charge is 0.495 e. The Labute approximate surface area is 145 Å². The molecule has 1 saturated heterocycles. The lowest BCUT2D eigenvalue weighted by molar-refractivity contribution is -0.117. The highest BCUT2D eigenvalue weighted by Crippen LogP contribution is 2.29. The van der Waals surface area contributed by atoms with Crippen LogP contribution < -0.4 is 14.4 Å². The minimum absolute atomic E-state index is 0.00630. The zero-order valence-electron chi connectivity index (χ0n) is 13.5. The highest BCUT2D eigenvalue weighted by Gasteiger charge is 2.23. The van der Waals surface area contributed by atoms with E-state index in [1.807, 2.05) is 0 Å². The zero-order valence-corrected chi connectivity index (χ0v) is 14.3. The van der Waals surface area contributed by atoms with Gasteiger partial charge in [0.2, 0.25) is 5.91 Å². The molecule has 0 aromatic heterocycles. The summed E-state index contributed by atoms with van der Waals surface area (Å²) >= 11 is 0. The molecule has 0 saturated carbocycles. The number of sulfonamides is 1. The molecule has 8 heteroatoms. The van der Waals surface area contributed by atoms with Crippen LogP contribution in [0.4, 0.5) is 15.8 Å². The van der Waals surface area contributed by atoms with E-state index in [-0.39, 0.29) is 22.2 Å². The van der Waals surface area contributed by atoms with E-state index in [2.05, 4.69) is 4.72 Å². The van der Waals surface area contributed by atoms with Crippen molar-refractivity contribution in [3.63, 3.8) is 0 Å². The van der Waals surface area contributed by atoms with Gasteiger partial charge in [0, 0.05) is 18.7 Å². The van der Waals surface area contributed by atoms with Crippen LogP contribution in [0.1, 0.15) is 12.8 Å². The maximum absolute atomic E-state index is 13.5. The van der Waals surface area contributed by atoms with Crippen molar-refractivity contribution in [1.82, 2.24) is 0 Å². The molecule has 1 aliphatic heterocycles. The molecule has 3 rings (SSSR count). The summed E-state index contributed by atoms with van der Waals surface area (Å²) in [6.07, 6.45) is 1.26. The number of amides is 1. The monoisotopic (exact) mass is 364 g/mol. The van der Waals surface area contributed by atoms with Gasteiger partial charge in [0.15, 0.2) is 0 Å². The molecule has 132 valence electrons. The van der Waals surface area contributed by atoms with Gasteiger partial charge in [-0.15, -0.1) is 0 Å². The second-order valence-corrected chi connectivity index (χ2v) is 7.25.